The molecular weight excluding hydrogens is 390 g/mol. The molecule has 1 aromatic rings. The predicted octanol–water partition coefficient (Wildman–Crippen LogP) is 3.05. The summed E-state index contributed by atoms with van der Waals surface area (Å²) in [7, 11) is -1.54. The molecule has 2 heterocycles. The van der Waals surface area contributed by atoms with Gasteiger partial charge in [0.1, 0.15) is 20.0 Å². The minimum Gasteiger partial charge on any atom is -0.396 e. The van der Waals surface area contributed by atoms with Crippen LogP contribution in [0.5, 0.6) is 0 Å². The minimum absolute atomic E-state index is 0.000336. The maximum Gasteiger partial charge on any atom is 0.189 e. The Hall–Kier alpha value is -1.11. The number of nitrogens with one attached hydrogen (secondary N) is 1. The third-order valence-electron chi connectivity index (χ3n) is 4.95. The van der Waals surface area contributed by atoms with E-state index in [4.69, 9.17) is 14.5 Å². The lowest BCUT2D eigenvalue weighted by Crippen LogP contribution is -2.35. The van der Waals surface area contributed by atoms with Gasteiger partial charge >= 0.3 is 0 Å². The van der Waals surface area contributed by atoms with Crippen LogP contribution < -0.4 is 5.32 Å². The number of anilines is 1. The van der Waals surface area contributed by atoms with Gasteiger partial charge in [-0.15, -0.1) is 5.54 Å². The zero-order valence-electron chi connectivity index (χ0n) is 17.8. The number of aliphatic hydroxyl groups is 1. The quantitative estimate of drug-likeness (QED) is 0.335. The number of fused-ring (bicyclic) bond motifs is 1. The SMILES string of the molecule is CSc1nc(C)c(C#C[Si](C)(C)C)c(N[C@@H]2C[C@H](CO)[C@H]3OC(C)(C)O[C@H]32)n1. The molecule has 0 unspecified atom stereocenters. The van der Waals surface area contributed by atoms with Crippen LogP contribution in [-0.2, 0) is 9.47 Å². The molecule has 28 heavy (non-hydrogen) atoms. The molecule has 0 bridgehead atoms. The van der Waals surface area contributed by atoms with E-state index in [1.165, 1.54) is 11.8 Å². The molecule has 2 N–H and O–H groups in total. The first-order valence-electron chi connectivity index (χ1n) is 9.72. The van der Waals surface area contributed by atoms with Crippen LogP contribution in [0.2, 0.25) is 19.6 Å². The number of aryl methyl sites for hydroxylation is 1. The zero-order valence-corrected chi connectivity index (χ0v) is 19.6. The Kier molecular flexibility index (Phi) is 6.14. The fourth-order valence-electron chi connectivity index (χ4n) is 3.73. The molecule has 4 atom stereocenters. The van der Waals surface area contributed by atoms with Gasteiger partial charge in [0.15, 0.2) is 10.9 Å². The highest BCUT2D eigenvalue weighted by Gasteiger charge is 2.53. The van der Waals surface area contributed by atoms with Crippen LogP contribution in [0.25, 0.3) is 0 Å². The summed E-state index contributed by atoms with van der Waals surface area (Å²) < 4.78 is 12.2. The van der Waals surface area contributed by atoms with Gasteiger partial charge < -0.3 is 19.9 Å². The molecule has 154 valence electrons. The van der Waals surface area contributed by atoms with Gasteiger partial charge in [0, 0.05) is 12.5 Å². The van der Waals surface area contributed by atoms with Crippen molar-refractivity contribution >= 4 is 25.7 Å². The highest BCUT2D eigenvalue weighted by Crippen LogP contribution is 2.42. The Morgan fingerprint density at radius 2 is 1.93 bits per heavy atom. The molecule has 3 rings (SSSR count). The maximum absolute atomic E-state index is 9.81. The smallest absolute Gasteiger partial charge is 0.189 e. The lowest BCUT2D eigenvalue weighted by molar-refractivity contribution is -0.158. The second-order valence-electron chi connectivity index (χ2n) is 9.01. The summed E-state index contributed by atoms with van der Waals surface area (Å²) in [6.45, 7) is 12.6. The normalized spacial score (nSPS) is 28.6. The summed E-state index contributed by atoms with van der Waals surface area (Å²) in [6, 6.07) is 0.000336. The van der Waals surface area contributed by atoms with Gasteiger partial charge in [-0.25, -0.2) is 9.97 Å². The summed E-state index contributed by atoms with van der Waals surface area (Å²) in [5.41, 5.74) is 5.16. The lowest BCUT2D eigenvalue weighted by atomic mass is 10.1. The first-order chi connectivity index (χ1) is 13.0. The number of aromatic nitrogens is 2. The van der Waals surface area contributed by atoms with Crippen LogP contribution in [-0.4, -0.2) is 60.0 Å². The average Bonchev–Trinajstić information content (AvgIpc) is 3.06. The first-order valence-corrected chi connectivity index (χ1v) is 14.4. The van der Waals surface area contributed by atoms with E-state index in [0.29, 0.717) is 0 Å². The van der Waals surface area contributed by atoms with Gasteiger partial charge in [0.25, 0.3) is 0 Å². The van der Waals surface area contributed by atoms with E-state index in [1.807, 2.05) is 27.0 Å². The van der Waals surface area contributed by atoms with E-state index in [-0.39, 0.29) is 30.8 Å². The molecule has 1 saturated heterocycles. The van der Waals surface area contributed by atoms with E-state index in [1.54, 1.807) is 0 Å². The van der Waals surface area contributed by atoms with Crippen LogP contribution in [0.3, 0.4) is 0 Å². The standard InChI is InChI=1S/C20H31N3O3SSi/c1-12-14(8-9-28(5,6)7)18(23-19(21-12)27-4)22-15-10-13(11-24)16-17(15)26-20(2,3)25-16/h13,15-17,24H,10-11H2,1-7H3,(H,21,22,23)/t13-,15-,16-,17+/m1/s1. The molecule has 2 fully saturated rings. The van der Waals surface area contributed by atoms with Gasteiger partial charge in [0.2, 0.25) is 0 Å². The fraction of sp³-hybridized carbons (Fsp3) is 0.700. The number of aliphatic hydroxyl groups excluding tert-OH is 1. The molecule has 6 nitrogen and oxygen atoms in total. The number of nitrogens with zero attached hydrogens (tertiary/aromatic N) is 2. The summed E-state index contributed by atoms with van der Waals surface area (Å²) in [4.78, 5) is 9.29. The first kappa shape index (κ1) is 21.6. The molecule has 0 aromatic carbocycles. The maximum atomic E-state index is 9.81. The van der Waals surface area contributed by atoms with E-state index in [0.717, 1.165) is 28.7 Å². The number of ether oxygens (including phenoxy) is 2. The van der Waals surface area contributed by atoms with E-state index in [2.05, 4.69) is 41.4 Å². The second-order valence-corrected chi connectivity index (χ2v) is 14.5. The van der Waals surface area contributed by atoms with Crippen LogP contribution in [0.15, 0.2) is 5.16 Å². The van der Waals surface area contributed by atoms with Crippen molar-refractivity contribution < 1.29 is 14.6 Å². The van der Waals surface area contributed by atoms with Gasteiger partial charge in [-0.1, -0.05) is 37.3 Å². The Bertz CT molecular complexity index is 800. The van der Waals surface area contributed by atoms with E-state index >= 15 is 0 Å². The Morgan fingerprint density at radius 1 is 1.25 bits per heavy atom. The van der Waals surface area contributed by atoms with Crippen molar-refractivity contribution in [2.24, 2.45) is 5.92 Å². The molecular formula is C20H31N3O3SSi. The van der Waals surface area contributed by atoms with Gasteiger partial charge in [-0.05, 0) is 33.4 Å². The molecule has 1 aliphatic carbocycles. The van der Waals surface area contributed by atoms with Crippen molar-refractivity contribution in [2.75, 3.05) is 18.2 Å². The summed E-state index contributed by atoms with van der Waals surface area (Å²) in [5, 5.41) is 14.1. The van der Waals surface area contributed by atoms with E-state index < -0.39 is 13.9 Å². The molecule has 1 saturated carbocycles. The van der Waals surface area contributed by atoms with Crippen molar-refractivity contribution in [3.63, 3.8) is 0 Å². The number of hydrogen-bond donors (Lipinski definition) is 2. The summed E-state index contributed by atoms with van der Waals surface area (Å²) >= 11 is 1.51. The molecule has 2 aliphatic rings. The summed E-state index contributed by atoms with van der Waals surface area (Å²) in [5.74, 6) is 3.49. The van der Waals surface area contributed by atoms with Crippen molar-refractivity contribution in [1.29, 1.82) is 0 Å². The van der Waals surface area contributed by atoms with Crippen molar-refractivity contribution in [1.82, 2.24) is 9.97 Å². The third kappa shape index (κ3) is 4.71. The van der Waals surface area contributed by atoms with Crippen molar-refractivity contribution in [3.05, 3.63) is 11.3 Å². The highest BCUT2D eigenvalue weighted by atomic mass is 32.2. The van der Waals surface area contributed by atoms with Gasteiger partial charge in [-0.2, -0.15) is 0 Å². The average molecular weight is 422 g/mol. The van der Waals surface area contributed by atoms with Crippen molar-refractivity contribution in [3.8, 4) is 11.5 Å². The number of thioether (sulfide) groups is 1. The topological polar surface area (TPSA) is 76.5 Å². The monoisotopic (exact) mass is 421 g/mol. The van der Waals surface area contributed by atoms with Crippen LogP contribution >= 0.6 is 11.8 Å². The lowest BCUT2D eigenvalue weighted by Gasteiger charge is -2.24. The highest BCUT2D eigenvalue weighted by molar-refractivity contribution is 7.98. The zero-order chi connectivity index (χ0) is 20.7. The molecule has 8 heteroatoms. The second kappa shape index (κ2) is 7.96. The summed E-state index contributed by atoms with van der Waals surface area (Å²) in [6.07, 6.45) is 2.49. The minimum atomic E-state index is -1.54. The largest absolute Gasteiger partial charge is 0.396 e. The number of rotatable bonds is 4. The van der Waals surface area contributed by atoms with Crippen molar-refractivity contribution in [2.45, 2.75) is 76.0 Å². The molecule has 1 aromatic heterocycles. The predicted molar refractivity (Wildman–Crippen MR) is 115 cm³/mol. The number of hydrogen-bond acceptors (Lipinski definition) is 7. The Labute approximate surface area is 173 Å². The van der Waals surface area contributed by atoms with E-state index in [9.17, 15) is 5.11 Å². The van der Waals surface area contributed by atoms with Crippen LogP contribution in [0, 0.1) is 24.3 Å². The Balaban J connectivity index is 1.94. The van der Waals surface area contributed by atoms with Crippen LogP contribution in [0.4, 0.5) is 5.82 Å². The molecule has 1 aliphatic heterocycles. The van der Waals surface area contributed by atoms with Crippen LogP contribution in [0.1, 0.15) is 31.5 Å². The molecule has 0 amide bonds. The Morgan fingerprint density at radius 3 is 2.54 bits per heavy atom. The third-order valence-corrected chi connectivity index (χ3v) is 6.38. The fourth-order valence-corrected chi connectivity index (χ4v) is 4.64. The van der Waals surface area contributed by atoms with Gasteiger partial charge in [0.05, 0.1) is 23.4 Å². The molecule has 0 spiro atoms. The molecule has 0 radical (unpaired) electrons. The van der Waals surface area contributed by atoms with Gasteiger partial charge in [-0.3, -0.25) is 0 Å².